The molecule has 6 heteroatoms. The van der Waals surface area contributed by atoms with Crippen LogP contribution >= 0.6 is 0 Å². The second kappa shape index (κ2) is 3.23. The van der Waals surface area contributed by atoms with E-state index < -0.39 is 14.5 Å². The second-order valence-electron chi connectivity index (χ2n) is 2.12. The summed E-state index contributed by atoms with van der Waals surface area (Å²) in [5, 5.41) is 0. The molecule has 0 spiro atoms. The van der Waals surface area contributed by atoms with Crippen molar-refractivity contribution in [3.05, 3.63) is 24.3 Å². The van der Waals surface area contributed by atoms with E-state index >= 15 is 0 Å². The van der Waals surface area contributed by atoms with E-state index in [0.29, 0.717) is 0 Å². The molecular formula is C6H8AsNO4. The molecule has 1 aromatic carbocycles. The molecule has 0 atom stereocenters. The second-order valence-corrected chi connectivity index (χ2v) is 4.56. The summed E-state index contributed by atoms with van der Waals surface area (Å²) in [6.07, 6.45) is 0. The van der Waals surface area contributed by atoms with Gasteiger partial charge in [0.1, 0.15) is 0 Å². The van der Waals surface area contributed by atoms with Gasteiger partial charge in [0.2, 0.25) is 0 Å². The third kappa shape index (κ3) is 2.62. The molecule has 5 nitrogen and oxygen atoms in total. The molecular weight excluding hydrogens is 225 g/mol. The summed E-state index contributed by atoms with van der Waals surface area (Å²) in [5.41, 5.74) is 5.58. The van der Waals surface area contributed by atoms with Gasteiger partial charge in [0.15, 0.2) is 0 Å². The standard InChI is InChI=1S/C6H8AsNO4/c8-5-3-1-2-4-6(5)12-7(9,10)11/h1-4H,8H2,(H2,9,10,11). The Morgan fingerprint density at radius 2 is 1.92 bits per heavy atom. The van der Waals surface area contributed by atoms with Gasteiger partial charge in [-0.1, -0.05) is 0 Å². The van der Waals surface area contributed by atoms with Crippen LogP contribution in [0.25, 0.3) is 0 Å². The number of benzene rings is 1. The molecule has 0 saturated heterocycles. The van der Waals surface area contributed by atoms with Crippen molar-refractivity contribution in [2.45, 2.75) is 0 Å². The zero-order valence-corrected chi connectivity index (χ0v) is 7.92. The summed E-state index contributed by atoms with van der Waals surface area (Å²) in [7, 11) is 0. The van der Waals surface area contributed by atoms with Crippen molar-refractivity contribution >= 4 is 20.2 Å². The van der Waals surface area contributed by atoms with Gasteiger partial charge in [0.05, 0.1) is 0 Å². The van der Waals surface area contributed by atoms with Crippen LogP contribution in [0.15, 0.2) is 24.3 Å². The summed E-state index contributed by atoms with van der Waals surface area (Å²) in [4.78, 5) is 0. The molecule has 0 heterocycles. The zero-order chi connectivity index (χ0) is 9.19. The van der Waals surface area contributed by atoms with Crippen molar-refractivity contribution in [2.24, 2.45) is 0 Å². The Hall–Kier alpha value is -0.902. The Bertz CT molecular complexity index is 321. The van der Waals surface area contributed by atoms with Crippen LogP contribution in [-0.4, -0.2) is 22.7 Å². The normalized spacial score (nSPS) is 11.2. The third-order valence-electron chi connectivity index (χ3n) is 1.14. The van der Waals surface area contributed by atoms with Crippen LogP contribution in [0.4, 0.5) is 5.69 Å². The van der Waals surface area contributed by atoms with Crippen molar-refractivity contribution in [1.29, 1.82) is 0 Å². The Morgan fingerprint density at radius 3 is 2.42 bits per heavy atom. The summed E-state index contributed by atoms with van der Waals surface area (Å²) >= 11 is -5.07. The quantitative estimate of drug-likeness (QED) is 0.473. The van der Waals surface area contributed by atoms with Crippen molar-refractivity contribution in [1.82, 2.24) is 0 Å². The van der Waals surface area contributed by atoms with E-state index in [4.69, 9.17) is 13.9 Å². The maximum atomic E-state index is 10.4. The van der Waals surface area contributed by atoms with Gasteiger partial charge in [-0.2, -0.15) is 0 Å². The van der Waals surface area contributed by atoms with Crippen LogP contribution in [0, 0.1) is 0 Å². The van der Waals surface area contributed by atoms with Crippen LogP contribution in [0.5, 0.6) is 5.75 Å². The van der Waals surface area contributed by atoms with Crippen LogP contribution in [0.2, 0.25) is 0 Å². The Balaban J connectivity index is 2.90. The SMILES string of the molecule is Nc1ccccc1O[As](=O)(O)O. The van der Waals surface area contributed by atoms with Gasteiger partial charge in [-0.15, -0.1) is 0 Å². The van der Waals surface area contributed by atoms with Gasteiger partial charge in [0.25, 0.3) is 0 Å². The molecule has 0 fully saturated rings. The average molecular weight is 233 g/mol. The van der Waals surface area contributed by atoms with Crippen LogP contribution in [0.3, 0.4) is 0 Å². The van der Waals surface area contributed by atoms with Crippen molar-refractivity contribution < 1.29 is 15.7 Å². The van der Waals surface area contributed by atoms with Gasteiger partial charge in [0, 0.05) is 0 Å². The van der Waals surface area contributed by atoms with Gasteiger partial charge in [-0.05, 0) is 0 Å². The summed E-state index contributed by atoms with van der Waals surface area (Å²) in [5.74, 6) is 0.0185. The Kier molecular flexibility index (Phi) is 2.47. The van der Waals surface area contributed by atoms with E-state index in [0.717, 1.165) is 0 Å². The molecule has 12 heavy (non-hydrogen) atoms. The van der Waals surface area contributed by atoms with Crippen molar-refractivity contribution in [2.75, 3.05) is 5.73 Å². The van der Waals surface area contributed by atoms with E-state index in [1.165, 1.54) is 12.1 Å². The van der Waals surface area contributed by atoms with Gasteiger partial charge >= 0.3 is 71.6 Å². The number of nitrogen functional groups attached to an aromatic ring is 1. The van der Waals surface area contributed by atoms with Crippen LogP contribution in [-0.2, 0) is 3.74 Å². The minimum absolute atomic E-state index is 0.0185. The fourth-order valence-electron chi connectivity index (χ4n) is 0.692. The average Bonchev–Trinajstić information content (AvgIpc) is 1.91. The topological polar surface area (TPSA) is 92.8 Å². The van der Waals surface area contributed by atoms with Gasteiger partial charge < -0.3 is 0 Å². The van der Waals surface area contributed by atoms with E-state index in [9.17, 15) is 3.74 Å². The Morgan fingerprint density at radius 1 is 1.33 bits per heavy atom. The van der Waals surface area contributed by atoms with Crippen molar-refractivity contribution in [3.63, 3.8) is 0 Å². The molecule has 0 bridgehead atoms. The molecule has 66 valence electrons. The molecule has 1 aromatic rings. The Labute approximate surface area is 72.1 Å². The fraction of sp³-hybridized carbons (Fsp3) is 0. The maximum absolute atomic E-state index is 10.4. The predicted molar refractivity (Wildman–Crippen MR) is 42.4 cm³/mol. The number of rotatable bonds is 2. The molecule has 0 unspecified atom stereocenters. The van der Waals surface area contributed by atoms with Crippen LogP contribution < -0.4 is 9.46 Å². The molecule has 0 aromatic heterocycles. The summed E-state index contributed by atoms with van der Waals surface area (Å²) in [6.45, 7) is 0. The fourth-order valence-corrected chi connectivity index (χ4v) is 1.58. The predicted octanol–water partition coefficient (Wildman–Crippen LogP) is -0.502. The third-order valence-corrected chi connectivity index (χ3v) is 2.05. The van der Waals surface area contributed by atoms with E-state index in [1.54, 1.807) is 12.1 Å². The minimum atomic E-state index is -5.07. The van der Waals surface area contributed by atoms with E-state index in [1.807, 2.05) is 0 Å². The first-order valence-electron chi connectivity index (χ1n) is 3.09. The molecule has 0 aliphatic carbocycles. The summed E-state index contributed by atoms with van der Waals surface area (Å²) < 4.78 is 31.7. The molecule has 0 amide bonds. The number of hydrogen-bond donors (Lipinski definition) is 3. The van der Waals surface area contributed by atoms with E-state index in [-0.39, 0.29) is 11.4 Å². The molecule has 0 aliphatic rings. The molecule has 1 rings (SSSR count). The monoisotopic (exact) mass is 233 g/mol. The van der Waals surface area contributed by atoms with Crippen molar-refractivity contribution in [3.8, 4) is 5.75 Å². The molecule has 4 N–H and O–H groups in total. The first kappa shape index (κ1) is 9.19. The molecule has 0 aliphatic heterocycles. The molecule has 0 radical (unpaired) electrons. The first-order valence-corrected chi connectivity index (χ1v) is 6.30. The first-order chi connectivity index (χ1) is 5.49. The summed E-state index contributed by atoms with van der Waals surface area (Å²) in [6, 6.07) is 6.13. The zero-order valence-electron chi connectivity index (χ0n) is 6.04. The number of anilines is 1. The number of para-hydroxylation sites is 2. The van der Waals surface area contributed by atoms with E-state index in [2.05, 4.69) is 3.73 Å². The van der Waals surface area contributed by atoms with Crippen LogP contribution in [0.1, 0.15) is 0 Å². The van der Waals surface area contributed by atoms with Gasteiger partial charge in [-0.25, -0.2) is 0 Å². The number of hydrogen-bond acceptors (Lipinski definition) is 3. The van der Waals surface area contributed by atoms with Gasteiger partial charge in [-0.3, -0.25) is 0 Å². The number of nitrogens with two attached hydrogens (primary N) is 1. The molecule has 0 saturated carbocycles.